The molecule has 12 heteroatoms. The van der Waals surface area contributed by atoms with Crippen molar-refractivity contribution in [2.24, 2.45) is 5.10 Å². The Morgan fingerprint density at radius 1 is 1.10 bits per heavy atom. The lowest BCUT2D eigenvalue weighted by Gasteiger charge is -2.06. The summed E-state index contributed by atoms with van der Waals surface area (Å²) in [5.74, 6) is -0.699. The van der Waals surface area contributed by atoms with Crippen LogP contribution < -0.4 is 16.1 Å². The molecule has 3 rings (SSSR count). The molecule has 0 saturated heterocycles. The molecule has 0 fully saturated rings. The number of benzene rings is 2. The number of para-hydroxylation sites is 1. The Morgan fingerprint density at radius 2 is 1.90 bits per heavy atom. The van der Waals surface area contributed by atoms with Gasteiger partial charge in [-0.2, -0.15) is 5.10 Å². The average molecular weight is 411 g/mol. The minimum absolute atomic E-state index is 0.0973. The molecule has 0 aliphatic carbocycles. The van der Waals surface area contributed by atoms with Crippen LogP contribution in [0.3, 0.4) is 0 Å². The van der Waals surface area contributed by atoms with E-state index in [2.05, 4.69) is 30.7 Å². The SMILES string of the molecule is O=C(Nc1ccccc1)Nc1snnc1C(=O)NN=Cc1cccc([N+](=O)[O-])c1. The average Bonchev–Trinajstić information content (AvgIpc) is 3.17. The lowest BCUT2D eigenvalue weighted by Crippen LogP contribution is -2.23. The van der Waals surface area contributed by atoms with Gasteiger partial charge in [-0.05, 0) is 12.1 Å². The zero-order chi connectivity index (χ0) is 20.6. The van der Waals surface area contributed by atoms with Crippen LogP contribution in [-0.4, -0.2) is 32.7 Å². The van der Waals surface area contributed by atoms with Crippen LogP contribution in [0.25, 0.3) is 0 Å². The second-order valence-electron chi connectivity index (χ2n) is 5.45. The number of nitro groups is 1. The molecule has 146 valence electrons. The minimum atomic E-state index is -0.699. The molecule has 0 aliphatic heterocycles. The molecule has 1 heterocycles. The number of rotatable bonds is 6. The van der Waals surface area contributed by atoms with Gasteiger partial charge in [0, 0.05) is 34.9 Å². The Balaban J connectivity index is 1.61. The quantitative estimate of drug-likeness (QED) is 0.322. The number of carbonyl (C=O) groups excluding carboxylic acids is 2. The van der Waals surface area contributed by atoms with Gasteiger partial charge < -0.3 is 5.32 Å². The van der Waals surface area contributed by atoms with Crippen LogP contribution in [0.2, 0.25) is 0 Å². The smallest absolute Gasteiger partial charge is 0.308 e. The normalized spacial score (nSPS) is 10.5. The van der Waals surface area contributed by atoms with E-state index in [0.29, 0.717) is 11.3 Å². The van der Waals surface area contributed by atoms with E-state index in [9.17, 15) is 19.7 Å². The molecule has 0 atom stereocenters. The fraction of sp³-hybridized carbons (Fsp3) is 0. The number of anilines is 2. The zero-order valence-electron chi connectivity index (χ0n) is 14.6. The number of hydrogen-bond acceptors (Lipinski definition) is 8. The van der Waals surface area contributed by atoms with Gasteiger partial charge in [0.15, 0.2) is 10.7 Å². The van der Waals surface area contributed by atoms with Crippen LogP contribution in [-0.2, 0) is 0 Å². The predicted molar refractivity (Wildman–Crippen MR) is 107 cm³/mol. The number of urea groups is 1. The van der Waals surface area contributed by atoms with Crippen molar-refractivity contribution in [2.45, 2.75) is 0 Å². The van der Waals surface area contributed by atoms with Crippen LogP contribution >= 0.6 is 11.5 Å². The molecule has 2 aromatic carbocycles. The highest BCUT2D eigenvalue weighted by molar-refractivity contribution is 7.10. The molecule has 0 radical (unpaired) electrons. The maximum Gasteiger partial charge on any atom is 0.324 e. The summed E-state index contributed by atoms with van der Waals surface area (Å²) in [6, 6.07) is 13.9. The van der Waals surface area contributed by atoms with Crippen molar-refractivity contribution < 1.29 is 14.5 Å². The highest BCUT2D eigenvalue weighted by atomic mass is 32.1. The highest BCUT2D eigenvalue weighted by Crippen LogP contribution is 2.18. The van der Waals surface area contributed by atoms with Gasteiger partial charge in [-0.15, -0.1) is 5.10 Å². The summed E-state index contributed by atoms with van der Waals surface area (Å²) in [5, 5.41) is 23.5. The van der Waals surface area contributed by atoms with Gasteiger partial charge >= 0.3 is 6.03 Å². The van der Waals surface area contributed by atoms with E-state index in [1.165, 1.54) is 24.4 Å². The van der Waals surface area contributed by atoms with Gasteiger partial charge in [0.05, 0.1) is 11.1 Å². The third-order valence-electron chi connectivity index (χ3n) is 3.42. The summed E-state index contributed by atoms with van der Waals surface area (Å²) in [6.07, 6.45) is 1.25. The third-order valence-corrected chi connectivity index (χ3v) is 4.06. The van der Waals surface area contributed by atoms with Crippen LogP contribution in [0.4, 0.5) is 21.2 Å². The number of hydrogen-bond donors (Lipinski definition) is 3. The van der Waals surface area contributed by atoms with Crippen LogP contribution in [0.5, 0.6) is 0 Å². The second-order valence-corrected chi connectivity index (χ2v) is 6.20. The number of nitrogens with one attached hydrogen (secondary N) is 3. The molecule has 3 aromatic rings. The molecular formula is C17H13N7O4S. The molecule has 0 bridgehead atoms. The largest absolute Gasteiger partial charge is 0.324 e. The molecule has 11 nitrogen and oxygen atoms in total. The number of nitro benzene ring substituents is 1. The number of carbonyl (C=O) groups is 2. The summed E-state index contributed by atoms with van der Waals surface area (Å²) >= 11 is 0.831. The Bertz CT molecular complexity index is 1070. The lowest BCUT2D eigenvalue weighted by molar-refractivity contribution is -0.384. The maximum atomic E-state index is 12.2. The number of non-ortho nitro benzene ring substituents is 1. The van der Waals surface area contributed by atoms with Gasteiger partial charge in [0.2, 0.25) is 0 Å². The molecule has 3 N–H and O–H groups in total. The van der Waals surface area contributed by atoms with E-state index in [1.54, 1.807) is 30.3 Å². The van der Waals surface area contributed by atoms with Gasteiger partial charge in [-0.25, -0.2) is 10.2 Å². The Labute approximate surface area is 167 Å². The van der Waals surface area contributed by atoms with Gasteiger partial charge in [-0.1, -0.05) is 34.8 Å². The summed E-state index contributed by atoms with van der Waals surface area (Å²) in [5.41, 5.74) is 3.03. The van der Waals surface area contributed by atoms with E-state index >= 15 is 0 Å². The summed E-state index contributed by atoms with van der Waals surface area (Å²) < 4.78 is 3.66. The molecule has 3 amide bonds. The summed E-state index contributed by atoms with van der Waals surface area (Å²) in [4.78, 5) is 34.5. The number of nitrogens with zero attached hydrogens (tertiary/aromatic N) is 4. The third kappa shape index (κ3) is 5.40. The van der Waals surface area contributed by atoms with Crippen molar-refractivity contribution in [3.8, 4) is 0 Å². The number of amides is 3. The first-order valence-electron chi connectivity index (χ1n) is 8.06. The monoisotopic (exact) mass is 411 g/mol. The van der Waals surface area contributed by atoms with Crippen molar-refractivity contribution in [3.05, 3.63) is 76.0 Å². The van der Waals surface area contributed by atoms with Crippen molar-refractivity contribution in [1.29, 1.82) is 0 Å². The predicted octanol–water partition coefficient (Wildman–Crippen LogP) is 2.85. The van der Waals surface area contributed by atoms with Gasteiger partial charge in [0.25, 0.3) is 11.6 Å². The lowest BCUT2D eigenvalue weighted by atomic mass is 10.2. The summed E-state index contributed by atoms with van der Waals surface area (Å²) in [7, 11) is 0. The Kier molecular flexibility index (Phi) is 6.17. The van der Waals surface area contributed by atoms with E-state index in [1.807, 2.05) is 6.07 Å². The Morgan fingerprint density at radius 3 is 2.66 bits per heavy atom. The van der Waals surface area contributed by atoms with E-state index in [4.69, 9.17) is 0 Å². The van der Waals surface area contributed by atoms with Crippen LogP contribution in [0, 0.1) is 10.1 Å². The minimum Gasteiger partial charge on any atom is -0.308 e. The Hall–Kier alpha value is -4.19. The first kappa shape index (κ1) is 19.6. The molecule has 1 aromatic heterocycles. The maximum absolute atomic E-state index is 12.2. The number of aromatic nitrogens is 2. The zero-order valence-corrected chi connectivity index (χ0v) is 15.4. The summed E-state index contributed by atoms with van der Waals surface area (Å²) in [6.45, 7) is 0. The van der Waals surface area contributed by atoms with E-state index < -0.39 is 16.9 Å². The van der Waals surface area contributed by atoms with Crippen molar-refractivity contribution in [1.82, 2.24) is 15.0 Å². The van der Waals surface area contributed by atoms with Gasteiger partial charge in [0.1, 0.15) is 0 Å². The standard InChI is InChI=1S/C17H13N7O4S/c25-15(22-18-10-11-5-4-8-13(9-11)24(27)28)14-16(29-23-21-14)20-17(26)19-12-6-2-1-3-7-12/h1-10H,(H,22,25)(H2,19,20,26). The first-order chi connectivity index (χ1) is 14.0. The van der Waals surface area contributed by atoms with Crippen LogP contribution in [0.1, 0.15) is 16.1 Å². The van der Waals surface area contributed by atoms with Crippen molar-refractivity contribution in [2.75, 3.05) is 10.6 Å². The molecule has 0 aliphatic rings. The van der Waals surface area contributed by atoms with E-state index in [-0.39, 0.29) is 16.4 Å². The molecule has 0 saturated carbocycles. The first-order valence-corrected chi connectivity index (χ1v) is 8.83. The molecule has 29 heavy (non-hydrogen) atoms. The molecule has 0 unspecified atom stereocenters. The highest BCUT2D eigenvalue weighted by Gasteiger charge is 2.18. The van der Waals surface area contributed by atoms with Crippen molar-refractivity contribution >= 4 is 46.1 Å². The fourth-order valence-corrected chi connectivity index (χ4v) is 2.71. The van der Waals surface area contributed by atoms with Gasteiger partial charge in [-0.3, -0.25) is 20.2 Å². The topological polar surface area (TPSA) is 152 Å². The van der Waals surface area contributed by atoms with Crippen LogP contribution in [0.15, 0.2) is 59.7 Å². The molecule has 0 spiro atoms. The van der Waals surface area contributed by atoms with E-state index in [0.717, 1.165) is 11.5 Å². The molecular weight excluding hydrogens is 398 g/mol. The van der Waals surface area contributed by atoms with Crippen molar-refractivity contribution in [3.63, 3.8) is 0 Å². The number of hydrazone groups is 1. The second kappa shape index (κ2) is 9.14. The fourth-order valence-electron chi connectivity index (χ4n) is 2.15.